The molecule has 5 nitrogen and oxygen atoms in total. The molecule has 0 fully saturated rings. The molecule has 0 aliphatic heterocycles. The Morgan fingerprint density at radius 3 is 2.57 bits per heavy atom. The summed E-state index contributed by atoms with van der Waals surface area (Å²) >= 11 is 11.1. The van der Waals surface area contributed by atoms with E-state index < -0.39 is 4.92 Å². The van der Waals surface area contributed by atoms with Crippen LogP contribution in [0, 0.1) is 10.1 Å². The SMILES string of the molecule is CCCc1nc(Cl)nc(Cl)c1[N+](=O)[O-]. The van der Waals surface area contributed by atoms with Gasteiger partial charge >= 0.3 is 5.69 Å². The van der Waals surface area contributed by atoms with Crippen LogP contribution in [0.15, 0.2) is 0 Å². The third-order valence-electron chi connectivity index (χ3n) is 1.56. The Labute approximate surface area is 90.2 Å². The fourth-order valence-corrected chi connectivity index (χ4v) is 1.52. The number of aromatic nitrogens is 2. The standard InChI is InChI=1S/C7H7Cl2N3O2/c1-2-3-4-5(12(13)14)6(8)11-7(9)10-4/h2-3H2,1H3. The molecule has 0 atom stereocenters. The highest BCUT2D eigenvalue weighted by Gasteiger charge is 2.22. The lowest BCUT2D eigenvalue weighted by Crippen LogP contribution is -2.01. The molecule has 1 aromatic heterocycles. The predicted molar refractivity (Wildman–Crippen MR) is 52.7 cm³/mol. The van der Waals surface area contributed by atoms with Crippen molar-refractivity contribution >= 4 is 28.9 Å². The lowest BCUT2D eigenvalue weighted by molar-refractivity contribution is -0.386. The summed E-state index contributed by atoms with van der Waals surface area (Å²) in [5, 5.41) is 10.4. The fraction of sp³-hybridized carbons (Fsp3) is 0.429. The van der Waals surface area contributed by atoms with Gasteiger partial charge in [-0.2, -0.15) is 4.98 Å². The van der Waals surface area contributed by atoms with Crippen molar-refractivity contribution in [1.82, 2.24) is 9.97 Å². The van der Waals surface area contributed by atoms with E-state index in [0.29, 0.717) is 6.42 Å². The van der Waals surface area contributed by atoms with Crippen LogP contribution in [0.1, 0.15) is 19.0 Å². The molecule has 0 radical (unpaired) electrons. The Morgan fingerprint density at radius 1 is 1.43 bits per heavy atom. The Balaban J connectivity index is 3.28. The number of hydrogen-bond acceptors (Lipinski definition) is 4. The number of aryl methyl sites for hydroxylation is 1. The summed E-state index contributed by atoms with van der Waals surface area (Å²) in [5.74, 6) is 0. The van der Waals surface area contributed by atoms with Gasteiger partial charge in [0.1, 0.15) is 5.69 Å². The highest BCUT2D eigenvalue weighted by atomic mass is 35.5. The van der Waals surface area contributed by atoms with Gasteiger partial charge in [-0.05, 0) is 18.0 Å². The minimum absolute atomic E-state index is 0.0657. The molecule has 0 unspecified atom stereocenters. The zero-order valence-electron chi connectivity index (χ0n) is 7.33. The van der Waals surface area contributed by atoms with Gasteiger partial charge in [-0.1, -0.05) is 24.9 Å². The van der Waals surface area contributed by atoms with Crippen LogP contribution in [0.5, 0.6) is 0 Å². The second-order valence-electron chi connectivity index (χ2n) is 2.59. The van der Waals surface area contributed by atoms with E-state index in [2.05, 4.69) is 9.97 Å². The molecule has 14 heavy (non-hydrogen) atoms. The van der Waals surface area contributed by atoms with Crippen molar-refractivity contribution in [3.63, 3.8) is 0 Å². The van der Waals surface area contributed by atoms with Gasteiger partial charge in [-0.15, -0.1) is 0 Å². The van der Waals surface area contributed by atoms with E-state index in [-0.39, 0.29) is 21.8 Å². The van der Waals surface area contributed by atoms with Gasteiger partial charge in [0.2, 0.25) is 10.4 Å². The average molecular weight is 236 g/mol. The van der Waals surface area contributed by atoms with Crippen molar-refractivity contribution in [2.75, 3.05) is 0 Å². The van der Waals surface area contributed by atoms with E-state index in [1.165, 1.54) is 0 Å². The zero-order valence-corrected chi connectivity index (χ0v) is 8.84. The van der Waals surface area contributed by atoms with Crippen LogP contribution in [0.2, 0.25) is 10.4 Å². The van der Waals surface area contributed by atoms with Crippen molar-refractivity contribution < 1.29 is 4.92 Å². The lowest BCUT2D eigenvalue weighted by Gasteiger charge is -2.01. The first kappa shape index (κ1) is 11.1. The summed E-state index contributed by atoms with van der Waals surface area (Å²) in [6.45, 7) is 1.88. The number of hydrogen-bond donors (Lipinski definition) is 0. The molecule has 0 spiro atoms. The van der Waals surface area contributed by atoms with Gasteiger partial charge in [0.05, 0.1) is 4.92 Å². The maximum atomic E-state index is 10.6. The molecule has 0 amide bonds. The lowest BCUT2D eigenvalue weighted by atomic mass is 10.2. The molecule has 0 aromatic carbocycles. The molecule has 0 saturated heterocycles. The van der Waals surface area contributed by atoms with Crippen LogP contribution < -0.4 is 0 Å². The van der Waals surface area contributed by atoms with E-state index in [1.54, 1.807) is 0 Å². The molecular weight excluding hydrogens is 229 g/mol. The summed E-state index contributed by atoms with van der Waals surface area (Å²) in [7, 11) is 0. The zero-order chi connectivity index (χ0) is 10.7. The summed E-state index contributed by atoms with van der Waals surface area (Å²) in [6.07, 6.45) is 1.18. The fourth-order valence-electron chi connectivity index (χ4n) is 1.03. The van der Waals surface area contributed by atoms with Crippen molar-refractivity contribution in [3.05, 3.63) is 26.2 Å². The number of nitro groups is 1. The topological polar surface area (TPSA) is 68.9 Å². The summed E-state index contributed by atoms with van der Waals surface area (Å²) in [5.41, 5.74) is 0.0282. The Kier molecular flexibility index (Phi) is 3.60. The van der Waals surface area contributed by atoms with Crippen molar-refractivity contribution in [3.8, 4) is 0 Å². The second-order valence-corrected chi connectivity index (χ2v) is 3.28. The minimum atomic E-state index is -0.594. The predicted octanol–water partition coefficient (Wildman–Crippen LogP) is 2.64. The van der Waals surface area contributed by atoms with E-state index >= 15 is 0 Å². The molecule has 0 aliphatic rings. The highest BCUT2D eigenvalue weighted by Crippen LogP contribution is 2.27. The maximum absolute atomic E-state index is 10.6. The molecule has 1 rings (SSSR count). The molecule has 1 heterocycles. The van der Waals surface area contributed by atoms with E-state index in [0.717, 1.165) is 6.42 Å². The van der Waals surface area contributed by atoms with Gasteiger partial charge in [0.15, 0.2) is 0 Å². The van der Waals surface area contributed by atoms with Crippen LogP contribution >= 0.6 is 23.2 Å². The van der Waals surface area contributed by atoms with Gasteiger partial charge in [0.25, 0.3) is 0 Å². The van der Waals surface area contributed by atoms with Gasteiger partial charge in [-0.3, -0.25) is 10.1 Å². The number of rotatable bonds is 3. The van der Waals surface area contributed by atoms with Gasteiger partial charge in [0, 0.05) is 0 Å². The monoisotopic (exact) mass is 235 g/mol. The smallest absolute Gasteiger partial charge is 0.258 e. The Morgan fingerprint density at radius 2 is 2.07 bits per heavy atom. The largest absolute Gasteiger partial charge is 0.327 e. The minimum Gasteiger partial charge on any atom is -0.258 e. The third-order valence-corrected chi connectivity index (χ3v) is 1.99. The quantitative estimate of drug-likeness (QED) is 0.350. The molecule has 0 N–H and O–H groups in total. The first-order valence-electron chi connectivity index (χ1n) is 3.92. The van der Waals surface area contributed by atoms with Gasteiger partial charge in [-0.25, -0.2) is 4.98 Å². The molecule has 0 saturated carbocycles. The molecule has 0 bridgehead atoms. The third kappa shape index (κ3) is 2.30. The number of nitrogens with zero attached hydrogens (tertiary/aromatic N) is 3. The molecular formula is C7H7Cl2N3O2. The second kappa shape index (κ2) is 4.52. The molecule has 76 valence electrons. The molecule has 1 aromatic rings. The maximum Gasteiger partial charge on any atom is 0.327 e. The summed E-state index contributed by atoms with van der Waals surface area (Å²) in [6, 6.07) is 0. The van der Waals surface area contributed by atoms with E-state index in [9.17, 15) is 10.1 Å². The summed E-state index contributed by atoms with van der Waals surface area (Å²) in [4.78, 5) is 17.3. The van der Waals surface area contributed by atoms with Crippen LogP contribution in [0.3, 0.4) is 0 Å². The van der Waals surface area contributed by atoms with Crippen molar-refractivity contribution in [2.24, 2.45) is 0 Å². The highest BCUT2D eigenvalue weighted by molar-refractivity contribution is 6.33. The summed E-state index contributed by atoms with van der Waals surface area (Å²) < 4.78 is 0. The van der Waals surface area contributed by atoms with Crippen LogP contribution in [0.25, 0.3) is 0 Å². The average Bonchev–Trinajstić information content (AvgIpc) is 2.01. The first-order valence-corrected chi connectivity index (χ1v) is 4.68. The van der Waals surface area contributed by atoms with Crippen molar-refractivity contribution in [2.45, 2.75) is 19.8 Å². The van der Waals surface area contributed by atoms with Crippen LogP contribution in [-0.4, -0.2) is 14.9 Å². The van der Waals surface area contributed by atoms with E-state index in [1.807, 2.05) is 6.92 Å². The number of halogens is 2. The van der Waals surface area contributed by atoms with Crippen molar-refractivity contribution in [1.29, 1.82) is 0 Å². The normalized spacial score (nSPS) is 10.2. The van der Waals surface area contributed by atoms with E-state index in [4.69, 9.17) is 23.2 Å². The first-order chi connectivity index (χ1) is 6.56. The molecule has 0 aliphatic carbocycles. The van der Waals surface area contributed by atoms with Gasteiger partial charge < -0.3 is 0 Å². The van der Waals surface area contributed by atoms with Crippen LogP contribution in [0.4, 0.5) is 5.69 Å². The van der Waals surface area contributed by atoms with Crippen LogP contribution in [-0.2, 0) is 6.42 Å². The Bertz CT molecular complexity index is 370. The molecule has 7 heteroatoms. The Hall–Kier alpha value is -0.940.